The normalized spacial score (nSPS) is 11.9. The molecule has 15 heavy (non-hydrogen) atoms. The van der Waals surface area contributed by atoms with Gasteiger partial charge in [-0.25, -0.2) is 0 Å². The quantitative estimate of drug-likeness (QED) is 0.399. The van der Waals surface area contributed by atoms with E-state index in [-0.39, 0.29) is 5.60 Å². The van der Waals surface area contributed by atoms with E-state index < -0.39 is 0 Å². The Bertz CT molecular complexity index is 255. The summed E-state index contributed by atoms with van der Waals surface area (Å²) in [5.74, 6) is 2.75. The monoisotopic (exact) mass is 272 g/mol. The van der Waals surface area contributed by atoms with Gasteiger partial charge in [0.2, 0.25) is 0 Å². The first kappa shape index (κ1) is 14.6. The maximum Gasteiger partial charge on any atom is 0.115 e. The Balaban J connectivity index is 3.82. The summed E-state index contributed by atoms with van der Waals surface area (Å²) in [5.41, 5.74) is 1.31. The van der Waals surface area contributed by atoms with Crippen molar-refractivity contribution < 1.29 is 4.74 Å². The van der Waals surface area contributed by atoms with Crippen LogP contribution in [0, 0.1) is 12.0 Å². The second-order valence-electron chi connectivity index (χ2n) is 4.27. The summed E-state index contributed by atoms with van der Waals surface area (Å²) in [6.07, 6.45) is 8.21. The van der Waals surface area contributed by atoms with Gasteiger partial charge in [-0.15, -0.1) is 0 Å². The molecule has 0 aliphatic carbocycles. The Hall–Kier alpha value is -0.420. The van der Waals surface area contributed by atoms with Crippen LogP contribution in [0.3, 0.4) is 0 Å². The Labute approximate surface area is 102 Å². The van der Waals surface area contributed by atoms with Crippen molar-refractivity contribution in [2.24, 2.45) is 0 Å². The van der Waals surface area contributed by atoms with E-state index in [0.29, 0.717) is 0 Å². The number of rotatable bonds is 6. The van der Waals surface area contributed by atoms with Gasteiger partial charge in [0, 0.05) is 12.3 Å². The van der Waals surface area contributed by atoms with Crippen molar-refractivity contribution in [3.05, 3.63) is 11.6 Å². The molecular formula is C13H21BrO. The molecular weight excluding hydrogens is 252 g/mol. The maximum absolute atomic E-state index is 5.43. The summed E-state index contributed by atoms with van der Waals surface area (Å²) in [6, 6.07) is 0. The zero-order chi connectivity index (χ0) is 11.7. The highest BCUT2D eigenvalue weighted by Gasteiger charge is 2.17. The Morgan fingerprint density at radius 1 is 1.47 bits per heavy atom. The van der Waals surface area contributed by atoms with Gasteiger partial charge in [0.15, 0.2) is 0 Å². The van der Waals surface area contributed by atoms with Crippen LogP contribution in [0.4, 0.5) is 0 Å². The summed E-state index contributed by atoms with van der Waals surface area (Å²) in [7, 11) is 0. The zero-order valence-electron chi connectivity index (χ0n) is 10.2. The van der Waals surface area contributed by atoms with Gasteiger partial charge >= 0.3 is 0 Å². The van der Waals surface area contributed by atoms with Crippen LogP contribution >= 0.6 is 15.9 Å². The Morgan fingerprint density at radius 2 is 2.13 bits per heavy atom. The van der Waals surface area contributed by atoms with E-state index in [0.717, 1.165) is 24.6 Å². The van der Waals surface area contributed by atoms with Crippen molar-refractivity contribution in [1.82, 2.24) is 0 Å². The van der Waals surface area contributed by atoms with Gasteiger partial charge in [-0.3, -0.25) is 0 Å². The fraction of sp³-hybridized carbons (Fsp3) is 0.692. The highest BCUT2D eigenvalue weighted by molar-refractivity contribution is 9.09. The van der Waals surface area contributed by atoms with E-state index in [2.05, 4.69) is 54.8 Å². The SMILES string of the molecule is CC#COC(C)(C)CCCC(C)=CCBr. The number of halogens is 1. The number of alkyl halides is 1. The fourth-order valence-corrected chi connectivity index (χ4v) is 1.82. The molecule has 0 radical (unpaired) electrons. The average Bonchev–Trinajstić information content (AvgIpc) is 2.15. The molecule has 0 saturated heterocycles. The standard InChI is InChI=1S/C13H21BrO/c1-5-11-15-13(3,4)9-6-7-12(2)8-10-14/h8H,6-7,9-10H2,1-4H3. The van der Waals surface area contributed by atoms with Gasteiger partial charge in [-0.05, 0) is 40.0 Å². The Morgan fingerprint density at radius 3 is 2.67 bits per heavy atom. The molecule has 0 aliphatic heterocycles. The number of ether oxygens (including phenoxy) is 1. The molecule has 86 valence electrons. The van der Waals surface area contributed by atoms with E-state index >= 15 is 0 Å². The lowest BCUT2D eigenvalue weighted by molar-refractivity contribution is 0.0652. The van der Waals surface area contributed by atoms with Crippen LogP contribution in [0.25, 0.3) is 0 Å². The highest BCUT2D eigenvalue weighted by Crippen LogP contribution is 2.19. The van der Waals surface area contributed by atoms with Crippen LogP contribution in [0.5, 0.6) is 0 Å². The van der Waals surface area contributed by atoms with E-state index in [1.807, 2.05) is 0 Å². The maximum atomic E-state index is 5.43. The molecule has 0 unspecified atom stereocenters. The summed E-state index contributed by atoms with van der Waals surface area (Å²) >= 11 is 3.40. The summed E-state index contributed by atoms with van der Waals surface area (Å²) in [6.45, 7) is 8.13. The molecule has 0 spiro atoms. The van der Waals surface area contributed by atoms with Crippen LogP contribution in [0.15, 0.2) is 11.6 Å². The molecule has 0 rings (SSSR count). The van der Waals surface area contributed by atoms with Crippen LogP contribution in [0.1, 0.15) is 47.0 Å². The molecule has 0 aromatic heterocycles. The average molecular weight is 273 g/mol. The predicted molar refractivity (Wildman–Crippen MR) is 70.0 cm³/mol. The van der Waals surface area contributed by atoms with E-state index in [9.17, 15) is 0 Å². The van der Waals surface area contributed by atoms with Crippen LogP contribution < -0.4 is 0 Å². The van der Waals surface area contributed by atoms with Crippen molar-refractivity contribution in [1.29, 1.82) is 0 Å². The molecule has 0 aromatic carbocycles. The second kappa shape index (κ2) is 7.82. The van der Waals surface area contributed by atoms with E-state index in [4.69, 9.17) is 4.74 Å². The summed E-state index contributed by atoms with van der Waals surface area (Å²) in [5, 5.41) is 0.944. The number of allylic oxidation sites excluding steroid dienone is 2. The van der Waals surface area contributed by atoms with Crippen molar-refractivity contribution in [2.75, 3.05) is 5.33 Å². The minimum atomic E-state index is -0.127. The van der Waals surface area contributed by atoms with Crippen molar-refractivity contribution >= 4 is 15.9 Å². The summed E-state index contributed by atoms with van der Waals surface area (Å²) in [4.78, 5) is 0. The fourth-order valence-electron chi connectivity index (χ4n) is 1.27. The molecule has 1 nitrogen and oxygen atoms in total. The lowest BCUT2D eigenvalue weighted by atomic mass is 9.99. The molecule has 0 aromatic rings. The van der Waals surface area contributed by atoms with Crippen LogP contribution in [0.2, 0.25) is 0 Å². The smallest absolute Gasteiger partial charge is 0.115 e. The Kier molecular flexibility index (Phi) is 7.60. The number of hydrogen-bond donors (Lipinski definition) is 0. The van der Waals surface area contributed by atoms with Crippen molar-refractivity contribution in [3.63, 3.8) is 0 Å². The zero-order valence-corrected chi connectivity index (χ0v) is 11.8. The lowest BCUT2D eigenvalue weighted by Crippen LogP contribution is -2.21. The lowest BCUT2D eigenvalue weighted by Gasteiger charge is -2.22. The van der Waals surface area contributed by atoms with Gasteiger partial charge in [0.05, 0.1) is 0 Å². The van der Waals surface area contributed by atoms with Gasteiger partial charge < -0.3 is 4.74 Å². The van der Waals surface area contributed by atoms with Gasteiger partial charge in [-0.2, -0.15) is 0 Å². The molecule has 0 fully saturated rings. The third kappa shape index (κ3) is 8.57. The second-order valence-corrected chi connectivity index (χ2v) is 4.92. The first-order valence-electron chi connectivity index (χ1n) is 5.33. The third-order valence-electron chi connectivity index (χ3n) is 2.20. The van der Waals surface area contributed by atoms with Crippen molar-refractivity contribution in [2.45, 2.75) is 52.6 Å². The van der Waals surface area contributed by atoms with Crippen LogP contribution in [-0.2, 0) is 4.74 Å². The molecule has 0 atom stereocenters. The van der Waals surface area contributed by atoms with E-state index in [1.54, 1.807) is 6.92 Å². The highest BCUT2D eigenvalue weighted by atomic mass is 79.9. The molecule has 0 heterocycles. The van der Waals surface area contributed by atoms with E-state index in [1.165, 1.54) is 5.57 Å². The molecule has 0 N–H and O–H groups in total. The minimum Gasteiger partial charge on any atom is -0.441 e. The molecule has 0 aliphatic rings. The predicted octanol–water partition coefficient (Wildman–Crippen LogP) is 4.27. The van der Waals surface area contributed by atoms with Crippen LogP contribution in [-0.4, -0.2) is 10.9 Å². The molecule has 0 saturated carbocycles. The third-order valence-corrected chi connectivity index (χ3v) is 2.53. The van der Waals surface area contributed by atoms with Crippen molar-refractivity contribution in [3.8, 4) is 12.0 Å². The van der Waals surface area contributed by atoms with Gasteiger partial charge in [-0.1, -0.05) is 33.5 Å². The minimum absolute atomic E-state index is 0.127. The van der Waals surface area contributed by atoms with Gasteiger partial charge in [0.25, 0.3) is 0 Å². The first-order chi connectivity index (χ1) is 7.02. The summed E-state index contributed by atoms with van der Waals surface area (Å²) < 4.78 is 5.43. The molecule has 2 heteroatoms. The number of hydrogen-bond acceptors (Lipinski definition) is 1. The topological polar surface area (TPSA) is 9.23 Å². The molecule has 0 amide bonds. The first-order valence-corrected chi connectivity index (χ1v) is 6.45. The largest absolute Gasteiger partial charge is 0.441 e. The van der Waals surface area contributed by atoms with Gasteiger partial charge in [0.1, 0.15) is 11.7 Å². The molecule has 0 bridgehead atoms.